The highest BCUT2D eigenvalue weighted by Gasteiger charge is 2.18. The van der Waals surface area contributed by atoms with Crippen LogP contribution in [0.4, 0.5) is 5.69 Å². The molecular formula is C12H17ClN2O2S. The van der Waals surface area contributed by atoms with E-state index in [9.17, 15) is 4.79 Å². The predicted molar refractivity (Wildman–Crippen MR) is 77.2 cm³/mol. The van der Waals surface area contributed by atoms with Crippen LogP contribution in [0.5, 0.6) is 0 Å². The van der Waals surface area contributed by atoms with E-state index in [1.165, 1.54) is 17.8 Å². The lowest BCUT2D eigenvalue weighted by atomic mass is 10.1. The second-order valence-corrected chi connectivity index (χ2v) is 5.44. The van der Waals surface area contributed by atoms with E-state index in [1.807, 2.05) is 13.2 Å². The number of carbonyl (C=O) groups is 1. The second kappa shape index (κ2) is 6.87. The molecule has 0 aliphatic heterocycles. The molecule has 2 unspecified atom stereocenters. The van der Waals surface area contributed by atoms with Gasteiger partial charge in [-0.05, 0) is 31.4 Å². The summed E-state index contributed by atoms with van der Waals surface area (Å²) in [5, 5.41) is 12.4. The molecule has 0 saturated carbocycles. The van der Waals surface area contributed by atoms with Crippen molar-refractivity contribution < 1.29 is 9.90 Å². The van der Waals surface area contributed by atoms with Gasteiger partial charge in [0, 0.05) is 16.9 Å². The Morgan fingerprint density at radius 3 is 2.78 bits per heavy atom. The van der Waals surface area contributed by atoms with Crippen molar-refractivity contribution in [3.05, 3.63) is 28.8 Å². The maximum atomic E-state index is 12.0. The Labute approximate surface area is 116 Å². The van der Waals surface area contributed by atoms with Crippen molar-refractivity contribution in [1.82, 2.24) is 5.32 Å². The van der Waals surface area contributed by atoms with Gasteiger partial charge in [0.15, 0.2) is 0 Å². The van der Waals surface area contributed by atoms with E-state index in [-0.39, 0.29) is 23.8 Å². The monoisotopic (exact) mass is 288 g/mol. The van der Waals surface area contributed by atoms with Crippen LogP contribution in [-0.4, -0.2) is 35.2 Å². The minimum absolute atomic E-state index is 0.0192. The molecule has 1 amide bonds. The van der Waals surface area contributed by atoms with Gasteiger partial charge < -0.3 is 16.2 Å². The number of carbonyl (C=O) groups excluding carboxylic acids is 1. The normalized spacial score (nSPS) is 14.0. The predicted octanol–water partition coefficient (Wildman–Crippen LogP) is 1.76. The largest absolute Gasteiger partial charge is 0.398 e. The summed E-state index contributed by atoms with van der Waals surface area (Å²) in [7, 11) is 0. The molecule has 0 spiro atoms. The first kappa shape index (κ1) is 15.1. The molecule has 100 valence electrons. The summed E-state index contributed by atoms with van der Waals surface area (Å²) in [4.78, 5) is 12.0. The van der Waals surface area contributed by atoms with Crippen molar-refractivity contribution >= 4 is 35.0 Å². The zero-order chi connectivity index (χ0) is 13.7. The zero-order valence-electron chi connectivity index (χ0n) is 10.3. The summed E-state index contributed by atoms with van der Waals surface area (Å²) in [6.07, 6.45) is 1.89. The Kier molecular flexibility index (Phi) is 5.78. The highest BCUT2D eigenvalue weighted by molar-refractivity contribution is 7.99. The summed E-state index contributed by atoms with van der Waals surface area (Å²) >= 11 is 7.30. The molecule has 6 heteroatoms. The molecule has 0 fully saturated rings. The minimum Gasteiger partial charge on any atom is -0.398 e. The molecule has 2 atom stereocenters. The van der Waals surface area contributed by atoms with Gasteiger partial charge in [-0.1, -0.05) is 11.6 Å². The number of hydrogen-bond acceptors (Lipinski definition) is 4. The number of nitrogens with one attached hydrogen (secondary N) is 1. The van der Waals surface area contributed by atoms with E-state index in [0.717, 1.165) is 0 Å². The van der Waals surface area contributed by atoms with Crippen LogP contribution in [0.25, 0.3) is 0 Å². The zero-order valence-corrected chi connectivity index (χ0v) is 11.9. The topological polar surface area (TPSA) is 75.3 Å². The van der Waals surface area contributed by atoms with Crippen LogP contribution in [0.15, 0.2) is 18.2 Å². The van der Waals surface area contributed by atoms with E-state index in [2.05, 4.69) is 5.32 Å². The van der Waals surface area contributed by atoms with Gasteiger partial charge >= 0.3 is 0 Å². The average Bonchev–Trinajstić information content (AvgIpc) is 2.34. The Hall–Kier alpha value is -0.910. The van der Waals surface area contributed by atoms with Gasteiger partial charge in [-0.15, -0.1) is 0 Å². The van der Waals surface area contributed by atoms with Crippen molar-refractivity contribution in [1.29, 1.82) is 0 Å². The van der Waals surface area contributed by atoms with Crippen molar-refractivity contribution in [2.45, 2.75) is 18.2 Å². The fourth-order valence-electron chi connectivity index (χ4n) is 1.50. The van der Waals surface area contributed by atoms with E-state index in [0.29, 0.717) is 16.3 Å². The van der Waals surface area contributed by atoms with Crippen LogP contribution >= 0.6 is 23.4 Å². The van der Waals surface area contributed by atoms with Crippen molar-refractivity contribution in [2.75, 3.05) is 18.6 Å². The molecular weight excluding hydrogens is 272 g/mol. The number of aliphatic hydroxyl groups is 1. The Balaban J connectivity index is 2.73. The van der Waals surface area contributed by atoms with E-state index in [1.54, 1.807) is 12.1 Å². The summed E-state index contributed by atoms with van der Waals surface area (Å²) in [6, 6.07) is 4.62. The quantitative estimate of drug-likeness (QED) is 0.722. The van der Waals surface area contributed by atoms with E-state index in [4.69, 9.17) is 22.4 Å². The molecule has 4 nitrogen and oxygen atoms in total. The number of nitrogen functional groups attached to an aromatic ring is 1. The molecule has 0 radical (unpaired) electrons. The fourth-order valence-corrected chi connectivity index (χ4v) is 2.25. The van der Waals surface area contributed by atoms with Gasteiger partial charge in [0.2, 0.25) is 0 Å². The number of thioether (sulfide) groups is 1. The number of amides is 1. The van der Waals surface area contributed by atoms with Crippen LogP contribution in [-0.2, 0) is 0 Å². The first-order valence-electron chi connectivity index (χ1n) is 5.49. The number of anilines is 1. The number of benzene rings is 1. The van der Waals surface area contributed by atoms with Gasteiger partial charge in [0.25, 0.3) is 5.91 Å². The standard InChI is InChI=1S/C12H17ClN2O2S/c1-7(11(6-16)18-2)15-12(17)8-3-4-9(13)10(14)5-8/h3-5,7,11,16H,6,14H2,1-2H3,(H,15,17). The molecule has 0 aliphatic carbocycles. The van der Waals surface area contributed by atoms with Crippen LogP contribution in [0, 0.1) is 0 Å². The number of rotatable bonds is 5. The number of aliphatic hydroxyl groups excluding tert-OH is 1. The van der Waals surface area contributed by atoms with Crippen LogP contribution < -0.4 is 11.1 Å². The highest BCUT2D eigenvalue weighted by atomic mass is 35.5. The first-order chi connectivity index (χ1) is 8.49. The molecule has 0 heterocycles. The van der Waals surface area contributed by atoms with Gasteiger partial charge in [0.1, 0.15) is 0 Å². The van der Waals surface area contributed by atoms with Gasteiger partial charge in [-0.2, -0.15) is 11.8 Å². The number of hydrogen-bond donors (Lipinski definition) is 3. The van der Waals surface area contributed by atoms with Crippen LogP contribution in [0.1, 0.15) is 17.3 Å². The summed E-state index contributed by atoms with van der Waals surface area (Å²) in [6.45, 7) is 1.87. The van der Waals surface area contributed by atoms with Crippen LogP contribution in [0.2, 0.25) is 5.02 Å². The van der Waals surface area contributed by atoms with Crippen molar-refractivity contribution in [3.63, 3.8) is 0 Å². The fraction of sp³-hybridized carbons (Fsp3) is 0.417. The maximum absolute atomic E-state index is 12.0. The average molecular weight is 289 g/mol. The van der Waals surface area contributed by atoms with E-state index < -0.39 is 0 Å². The molecule has 0 aliphatic rings. The molecule has 1 aromatic rings. The molecule has 0 bridgehead atoms. The SMILES string of the molecule is CSC(CO)C(C)NC(=O)c1ccc(Cl)c(N)c1. The third-order valence-corrected chi connectivity index (χ3v) is 4.16. The lowest BCUT2D eigenvalue weighted by Gasteiger charge is -2.21. The maximum Gasteiger partial charge on any atom is 0.251 e. The van der Waals surface area contributed by atoms with Crippen molar-refractivity contribution in [3.8, 4) is 0 Å². The molecule has 4 N–H and O–H groups in total. The molecule has 0 saturated heterocycles. The van der Waals surface area contributed by atoms with Crippen LogP contribution in [0.3, 0.4) is 0 Å². The molecule has 18 heavy (non-hydrogen) atoms. The van der Waals surface area contributed by atoms with Gasteiger partial charge in [-0.25, -0.2) is 0 Å². The van der Waals surface area contributed by atoms with Gasteiger partial charge in [0.05, 0.1) is 17.3 Å². The second-order valence-electron chi connectivity index (χ2n) is 3.96. The van der Waals surface area contributed by atoms with E-state index >= 15 is 0 Å². The third kappa shape index (κ3) is 3.80. The Morgan fingerprint density at radius 1 is 1.61 bits per heavy atom. The first-order valence-corrected chi connectivity index (χ1v) is 7.15. The van der Waals surface area contributed by atoms with Crippen molar-refractivity contribution in [2.24, 2.45) is 0 Å². The highest BCUT2D eigenvalue weighted by Crippen LogP contribution is 2.19. The summed E-state index contributed by atoms with van der Waals surface area (Å²) < 4.78 is 0. The number of nitrogens with two attached hydrogens (primary N) is 1. The Bertz CT molecular complexity index is 425. The lowest BCUT2D eigenvalue weighted by Crippen LogP contribution is -2.41. The smallest absolute Gasteiger partial charge is 0.251 e. The summed E-state index contributed by atoms with van der Waals surface area (Å²) in [5.41, 5.74) is 6.48. The molecule has 1 aromatic carbocycles. The third-order valence-electron chi connectivity index (χ3n) is 2.66. The summed E-state index contributed by atoms with van der Waals surface area (Å²) in [5.74, 6) is -0.224. The minimum atomic E-state index is -0.224. The number of halogens is 1. The Morgan fingerprint density at radius 2 is 2.28 bits per heavy atom. The lowest BCUT2D eigenvalue weighted by molar-refractivity contribution is 0.0936. The van der Waals surface area contributed by atoms with Gasteiger partial charge in [-0.3, -0.25) is 4.79 Å². The molecule has 0 aromatic heterocycles. The molecule has 1 rings (SSSR count).